The second kappa shape index (κ2) is 13.6. The maximum absolute atomic E-state index is 13.6. The summed E-state index contributed by atoms with van der Waals surface area (Å²) in [5, 5.41) is 3.16. The third-order valence-electron chi connectivity index (χ3n) is 7.02. The van der Waals surface area contributed by atoms with Gasteiger partial charge >= 0.3 is 0 Å². The summed E-state index contributed by atoms with van der Waals surface area (Å²) in [6.45, 7) is 4.38. The van der Waals surface area contributed by atoms with E-state index in [9.17, 15) is 18.0 Å². The average Bonchev–Trinajstić information content (AvgIpc) is 3.38. The summed E-state index contributed by atoms with van der Waals surface area (Å²) in [6, 6.07) is 14.4. The molecule has 0 saturated heterocycles. The lowest BCUT2D eigenvalue weighted by Crippen LogP contribution is -2.51. The Morgan fingerprint density at radius 3 is 2.45 bits per heavy atom. The number of amides is 2. The third-order valence-corrected chi connectivity index (χ3v) is 8.21. The molecule has 0 bridgehead atoms. The molecule has 0 radical (unpaired) electrons. The van der Waals surface area contributed by atoms with Gasteiger partial charge in [0, 0.05) is 31.6 Å². The van der Waals surface area contributed by atoms with E-state index >= 15 is 0 Å². The van der Waals surface area contributed by atoms with Gasteiger partial charge in [-0.3, -0.25) is 13.9 Å². The zero-order valence-corrected chi connectivity index (χ0v) is 23.8. The zero-order valence-electron chi connectivity index (χ0n) is 23.0. The molecule has 0 spiro atoms. The van der Waals surface area contributed by atoms with E-state index < -0.39 is 16.1 Å². The van der Waals surface area contributed by atoms with Gasteiger partial charge < -0.3 is 15.0 Å². The Labute approximate surface area is 227 Å². The van der Waals surface area contributed by atoms with Crippen molar-refractivity contribution < 1.29 is 22.7 Å². The number of sulfonamides is 1. The minimum absolute atomic E-state index is 0.116. The normalized spacial score (nSPS) is 14.6. The SMILES string of the molecule is CC[C@H](C(=O)NC1CCCC1)N(Cc1cccc(C)c1)C(=O)CCCN(c1cccc(OC)c1)S(C)(=O)=O. The van der Waals surface area contributed by atoms with Crippen LogP contribution in [0.15, 0.2) is 48.5 Å². The van der Waals surface area contributed by atoms with E-state index in [0.29, 0.717) is 30.8 Å². The minimum Gasteiger partial charge on any atom is -0.497 e. The number of ether oxygens (including phenoxy) is 1. The van der Waals surface area contributed by atoms with Crippen LogP contribution in [0, 0.1) is 6.92 Å². The molecule has 9 heteroatoms. The van der Waals surface area contributed by atoms with Crippen LogP contribution in [-0.4, -0.2) is 57.1 Å². The van der Waals surface area contributed by atoms with Crippen molar-refractivity contribution in [2.75, 3.05) is 24.2 Å². The van der Waals surface area contributed by atoms with Crippen molar-refractivity contribution in [1.29, 1.82) is 0 Å². The molecule has 0 unspecified atom stereocenters. The van der Waals surface area contributed by atoms with Gasteiger partial charge in [-0.25, -0.2) is 8.42 Å². The Morgan fingerprint density at radius 2 is 1.82 bits per heavy atom. The summed E-state index contributed by atoms with van der Waals surface area (Å²) in [5.74, 6) is 0.268. The maximum Gasteiger partial charge on any atom is 0.243 e. The van der Waals surface area contributed by atoms with Crippen molar-refractivity contribution in [1.82, 2.24) is 10.2 Å². The van der Waals surface area contributed by atoms with E-state index in [1.807, 2.05) is 38.1 Å². The number of anilines is 1. The number of benzene rings is 2. The van der Waals surface area contributed by atoms with Gasteiger partial charge in [-0.05, 0) is 50.3 Å². The molecule has 3 rings (SSSR count). The Balaban J connectivity index is 1.76. The molecule has 208 valence electrons. The summed E-state index contributed by atoms with van der Waals surface area (Å²) in [4.78, 5) is 28.6. The van der Waals surface area contributed by atoms with Gasteiger partial charge in [-0.2, -0.15) is 0 Å². The van der Waals surface area contributed by atoms with Crippen LogP contribution in [-0.2, 0) is 26.2 Å². The molecule has 2 aromatic carbocycles. The smallest absolute Gasteiger partial charge is 0.243 e. The lowest BCUT2D eigenvalue weighted by Gasteiger charge is -2.32. The Morgan fingerprint density at radius 1 is 1.11 bits per heavy atom. The van der Waals surface area contributed by atoms with Crippen molar-refractivity contribution in [3.63, 3.8) is 0 Å². The number of methoxy groups -OCH3 is 1. The Bertz CT molecular complexity index is 1190. The standard InChI is InChI=1S/C29H41N3O5S/c1-5-27(29(34)30-24-13-6-7-14-24)31(21-23-12-8-11-22(2)19-23)28(33)17-10-18-32(38(4,35)36)25-15-9-16-26(20-25)37-3/h8-9,11-12,15-16,19-20,24,27H,5-7,10,13-14,17-18,21H2,1-4H3,(H,30,34)/t27-/m1/s1. The molecular formula is C29H41N3O5S. The fourth-order valence-corrected chi connectivity index (χ4v) is 6.02. The van der Waals surface area contributed by atoms with E-state index in [1.165, 1.54) is 11.4 Å². The first-order chi connectivity index (χ1) is 18.1. The number of nitrogens with zero attached hydrogens (tertiary/aromatic N) is 2. The van der Waals surface area contributed by atoms with Crippen LogP contribution in [0.2, 0.25) is 0 Å². The molecule has 0 aliphatic heterocycles. The lowest BCUT2D eigenvalue weighted by atomic mass is 10.1. The number of carbonyl (C=O) groups excluding carboxylic acids is 2. The lowest BCUT2D eigenvalue weighted by molar-refractivity contribution is -0.141. The molecule has 0 heterocycles. The van der Waals surface area contributed by atoms with Crippen molar-refractivity contribution in [2.24, 2.45) is 0 Å². The predicted molar refractivity (Wildman–Crippen MR) is 151 cm³/mol. The van der Waals surface area contributed by atoms with Crippen molar-refractivity contribution in [2.45, 2.75) is 77.4 Å². The molecule has 1 fully saturated rings. The van der Waals surface area contributed by atoms with Crippen LogP contribution in [0.3, 0.4) is 0 Å². The Hall–Kier alpha value is -3.07. The van der Waals surface area contributed by atoms with E-state index in [1.54, 1.807) is 29.2 Å². The quantitative estimate of drug-likeness (QED) is 0.404. The molecule has 1 atom stereocenters. The molecule has 1 aliphatic rings. The predicted octanol–water partition coefficient (Wildman–Crippen LogP) is 4.42. The van der Waals surface area contributed by atoms with Gasteiger partial charge in [0.1, 0.15) is 11.8 Å². The van der Waals surface area contributed by atoms with Gasteiger partial charge in [-0.1, -0.05) is 55.7 Å². The first-order valence-corrected chi connectivity index (χ1v) is 15.2. The number of nitrogens with one attached hydrogen (secondary N) is 1. The second-order valence-electron chi connectivity index (χ2n) is 10.1. The molecule has 2 amide bonds. The molecule has 38 heavy (non-hydrogen) atoms. The summed E-state index contributed by atoms with van der Waals surface area (Å²) in [7, 11) is -2.05. The van der Waals surface area contributed by atoms with E-state index in [4.69, 9.17) is 4.74 Å². The highest BCUT2D eigenvalue weighted by molar-refractivity contribution is 7.92. The molecule has 0 aromatic heterocycles. The summed E-state index contributed by atoms with van der Waals surface area (Å²) >= 11 is 0. The van der Waals surface area contributed by atoms with Gasteiger partial charge in [0.15, 0.2) is 0 Å². The van der Waals surface area contributed by atoms with Gasteiger partial charge in [-0.15, -0.1) is 0 Å². The van der Waals surface area contributed by atoms with Gasteiger partial charge in [0.25, 0.3) is 0 Å². The molecule has 1 N–H and O–H groups in total. The van der Waals surface area contributed by atoms with Crippen LogP contribution in [0.5, 0.6) is 5.75 Å². The van der Waals surface area contributed by atoms with Crippen LogP contribution in [0.1, 0.15) is 63.0 Å². The summed E-state index contributed by atoms with van der Waals surface area (Å²) in [6.07, 6.45) is 6.24. The number of carbonyl (C=O) groups is 2. The second-order valence-corrected chi connectivity index (χ2v) is 12.0. The topological polar surface area (TPSA) is 96.0 Å². The number of hydrogen-bond acceptors (Lipinski definition) is 5. The summed E-state index contributed by atoms with van der Waals surface area (Å²) < 4.78 is 31.7. The molecule has 2 aromatic rings. The fourth-order valence-electron chi connectivity index (χ4n) is 5.06. The largest absolute Gasteiger partial charge is 0.497 e. The van der Waals surface area contributed by atoms with Crippen LogP contribution in [0.25, 0.3) is 0 Å². The van der Waals surface area contributed by atoms with Crippen LogP contribution in [0.4, 0.5) is 5.69 Å². The van der Waals surface area contributed by atoms with Gasteiger partial charge in [0.2, 0.25) is 21.8 Å². The summed E-state index contributed by atoms with van der Waals surface area (Å²) in [5.41, 5.74) is 2.53. The fraction of sp³-hybridized carbons (Fsp3) is 0.517. The number of hydrogen-bond donors (Lipinski definition) is 1. The van der Waals surface area contributed by atoms with E-state index in [0.717, 1.165) is 43.1 Å². The molecule has 8 nitrogen and oxygen atoms in total. The van der Waals surface area contributed by atoms with Crippen LogP contribution < -0.4 is 14.4 Å². The molecular weight excluding hydrogens is 502 g/mol. The van der Waals surface area contributed by atoms with E-state index in [-0.39, 0.29) is 30.8 Å². The monoisotopic (exact) mass is 543 g/mol. The van der Waals surface area contributed by atoms with Crippen molar-refractivity contribution in [3.8, 4) is 5.75 Å². The first kappa shape index (κ1) is 29.5. The maximum atomic E-state index is 13.6. The van der Waals surface area contributed by atoms with E-state index in [2.05, 4.69) is 5.32 Å². The highest BCUT2D eigenvalue weighted by Gasteiger charge is 2.30. The van der Waals surface area contributed by atoms with Crippen molar-refractivity contribution >= 4 is 27.5 Å². The third kappa shape index (κ3) is 8.21. The zero-order chi connectivity index (χ0) is 27.7. The highest BCUT2D eigenvalue weighted by atomic mass is 32.2. The first-order valence-electron chi connectivity index (χ1n) is 13.4. The van der Waals surface area contributed by atoms with Crippen molar-refractivity contribution in [3.05, 3.63) is 59.7 Å². The molecule has 1 aliphatic carbocycles. The van der Waals surface area contributed by atoms with Crippen LogP contribution >= 0.6 is 0 Å². The number of aryl methyl sites for hydroxylation is 1. The average molecular weight is 544 g/mol. The van der Waals surface area contributed by atoms with Gasteiger partial charge in [0.05, 0.1) is 19.1 Å². The number of rotatable bonds is 13. The molecule has 1 saturated carbocycles. The minimum atomic E-state index is -3.57. The Kier molecular flexibility index (Phi) is 10.6. The highest BCUT2D eigenvalue weighted by Crippen LogP contribution is 2.24.